The van der Waals surface area contributed by atoms with Gasteiger partial charge in [0, 0.05) is 5.56 Å². The fourth-order valence-electron chi connectivity index (χ4n) is 8.09. The maximum absolute atomic E-state index is 13.5. The lowest BCUT2D eigenvalue weighted by Crippen LogP contribution is -2.47. The largest absolute Gasteiger partial charge is 0.569 e. The summed E-state index contributed by atoms with van der Waals surface area (Å²) in [6.45, 7) is 29.6. The number of ether oxygens (including phenoxy) is 2. The van der Waals surface area contributed by atoms with E-state index < -0.39 is 28.4 Å². The van der Waals surface area contributed by atoms with E-state index >= 15 is 0 Å². The number of benzene rings is 2. The van der Waals surface area contributed by atoms with Gasteiger partial charge in [0.05, 0.1) is 33.0 Å². The minimum atomic E-state index is -4.51. The van der Waals surface area contributed by atoms with Crippen molar-refractivity contribution < 1.29 is 41.2 Å². The van der Waals surface area contributed by atoms with Crippen LogP contribution in [0.25, 0.3) is 10.6 Å². The quantitative estimate of drug-likeness (QED) is 0.102. The molecule has 0 aliphatic rings. The molecule has 0 aliphatic carbocycles. The van der Waals surface area contributed by atoms with Gasteiger partial charge in [-0.3, -0.25) is 0 Å². The number of aromatic nitrogens is 4. The number of nitrogens with zero attached hydrogens (tertiary/aromatic N) is 4. The van der Waals surface area contributed by atoms with Crippen molar-refractivity contribution in [2.24, 2.45) is 0 Å². The topological polar surface area (TPSA) is 118 Å². The van der Waals surface area contributed by atoms with E-state index in [1.165, 1.54) is 19.2 Å². The van der Waals surface area contributed by atoms with Gasteiger partial charge >= 0.3 is 13.9 Å². The molecule has 0 atom stereocenters. The molecule has 2 heterocycles. The van der Waals surface area contributed by atoms with Crippen LogP contribution in [0.1, 0.15) is 104 Å². The normalized spacial score (nSPS) is 12.2. The highest BCUT2D eigenvalue weighted by molar-refractivity contribution is 9.11. The van der Waals surface area contributed by atoms with Crippen LogP contribution in [0, 0.1) is 6.92 Å². The Kier molecular flexibility index (Phi) is 21.2. The van der Waals surface area contributed by atoms with Crippen LogP contribution >= 0.6 is 38.6 Å². The van der Waals surface area contributed by atoms with Gasteiger partial charge in [0.25, 0.3) is 0 Å². The highest BCUT2D eigenvalue weighted by Crippen LogP contribution is 2.45. The number of halogens is 4. The summed E-state index contributed by atoms with van der Waals surface area (Å²) in [6, 6.07) is 9.20. The monoisotopic (exact) mass is 961 g/mol. The molecule has 0 aliphatic heterocycles. The molecule has 0 amide bonds. The Morgan fingerprint density at radius 2 is 1.12 bits per heavy atom. The molecule has 0 saturated carbocycles. The first kappa shape index (κ1) is 52.7. The molecule has 1 radical (unpaired) electrons. The van der Waals surface area contributed by atoms with Crippen LogP contribution in [-0.2, 0) is 28.2 Å². The van der Waals surface area contributed by atoms with Crippen LogP contribution in [0.5, 0.6) is 17.2 Å². The van der Waals surface area contributed by atoms with Crippen LogP contribution in [0.3, 0.4) is 0 Å². The molecule has 10 nitrogen and oxygen atoms in total. The summed E-state index contributed by atoms with van der Waals surface area (Å²) >= 11 is 6.04. The van der Waals surface area contributed by atoms with Gasteiger partial charge in [0.2, 0.25) is 16.6 Å². The molecule has 0 spiro atoms. The summed E-state index contributed by atoms with van der Waals surface area (Å²) in [6.07, 6.45) is -4.51. The average Bonchev–Trinajstić information content (AvgIpc) is 3.81. The zero-order valence-corrected chi connectivity index (χ0v) is 42.2. The molecule has 2 aromatic heterocycles. The fourth-order valence-corrected chi connectivity index (χ4v) is 21.0. The minimum Gasteiger partial charge on any atom is -0.537 e. The van der Waals surface area contributed by atoms with Gasteiger partial charge < -0.3 is 28.0 Å². The number of methoxy groups -OCH3 is 2. The lowest BCUT2D eigenvalue weighted by molar-refractivity contribution is -0.137. The van der Waals surface area contributed by atoms with Crippen molar-refractivity contribution in [2.75, 3.05) is 14.2 Å². The standard InChI is InChI=1S/C20H29F3N2O2SSi.C12H23BrN2OSSi.C8H10BO3/c1-12(2)29(13(3)4,14(5)6)27-11-18-24-25-19(28-18)16-9-8-15(26-7)10-17(16)20(21,22)23;1-8(2)18(9(3)4,10(5)6)16-7-11-14-15-12(13)17-11;1-6-5-7(11-2)3-4-8(6)12-9-10/h8-10,12-14H,11H2,1-7H3;8-10H,7H2,1-6H3;3-5,10H,1-2H3. The molecule has 329 valence electrons. The van der Waals surface area contributed by atoms with E-state index in [9.17, 15) is 13.2 Å². The molecule has 1 N–H and O–H groups in total. The zero-order chi connectivity index (χ0) is 44.9. The SMILES string of the molecule is CC(C)[Si](OCc1nnc(Br)s1)(C(C)C)C(C)C.COc1ccc(-c2nnc(CO[Si](C(C)C)(C(C)C)C(C)C)s2)c(C(F)(F)F)c1.COc1ccc(O[B]O)c(C)c1. The van der Waals surface area contributed by atoms with Crippen molar-refractivity contribution in [3.05, 3.63) is 61.5 Å². The number of hydrogen-bond donors (Lipinski definition) is 1. The molecule has 4 rings (SSSR count). The third-order valence-electron chi connectivity index (χ3n) is 10.5. The molecule has 0 saturated heterocycles. The van der Waals surface area contributed by atoms with Crippen LogP contribution in [0.15, 0.2) is 40.3 Å². The lowest BCUT2D eigenvalue weighted by Gasteiger charge is -2.41. The van der Waals surface area contributed by atoms with E-state index in [1.807, 2.05) is 13.0 Å². The highest BCUT2D eigenvalue weighted by Gasteiger charge is 2.46. The van der Waals surface area contributed by atoms with Crippen molar-refractivity contribution in [1.29, 1.82) is 0 Å². The second-order valence-electron chi connectivity index (χ2n) is 15.9. The third-order valence-corrected chi connectivity index (χ3v) is 24.9. The number of aryl methyl sites for hydroxylation is 1. The van der Waals surface area contributed by atoms with Crippen molar-refractivity contribution in [3.63, 3.8) is 0 Å². The summed E-state index contributed by atoms with van der Waals surface area (Å²) in [5, 5.41) is 26.4. The second-order valence-corrected chi connectivity index (χ2v) is 30.2. The molecule has 19 heteroatoms. The van der Waals surface area contributed by atoms with Crippen LogP contribution in [0.2, 0.25) is 33.2 Å². The van der Waals surface area contributed by atoms with Gasteiger partial charge in [-0.05, 0) is 98.1 Å². The number of rotatable bonds is 17. The summed E-state index contributed by atoms with van der Waals surface area (Å²) < 4.78 is 69.0. The lowest BCUT2D eigenvalue weighted by atomic mass is 10.1. The summed E-state index contributed by atoms with van der Waals surface area (Å²) in [5.41, 5.74) is 3.18. The first-order valence-corrected chi connectivity index (χ1v) is 26.3. The van der Waals surface area contributed by atoms with Crippen LogP contribution < -0.4 is 14.1 Å². The molecule has 59 heavy (non-hydrogen) atoms. The van der Waals surface area contributed by atoms with Crippen LogP contribution in [-0.4, -0.2) is 64.0 Å². The van der Waals surface area contributed by atoms with Gasteiger partial charge in [0.1, 0.15) is 32.3 Å². The Hall–Kier alpha value is -2.39. The van der Waals surface area contributed by atoms with Gasteiger partial charge in [0.15, 0.2) is 3.92 Å². The first-order valence-electron chi connectivity index (χ1n) is 19.6. The van der Waals surface area contributed by atoms with E-state index in [-0.39, 0.29) is 22.9 Å². The third kappa shape index (κ3) is 14.1. The Morgan fingerprint density at radius 3 is 1.51 bits per heavy atom. The highest BCUT2D eigenvalue weighted by atomic mass is 79.9. The summed E-state index contributed by atoms with van der Waals surface area (Å²) in [5.74, 6) is 1.55. The van der Waals surface area contributed by atoms with E-state index in [4.69, 9.17) is 28.0 Å². The van der Waals surface area contributed by atoms with Crippen molar-refractivity contribution in [3.8, 4) is 27.8 Å². The zero-order valence-electron chi connectivity index (χ0n) is 37.0. The van der Waals surface area contributed by atoms with Gasteiger partial charge in [-0.1, -0.05) is 106 Å². The number of hydrogen-bond acceptors (Lipinski definition) is 12. The van der Waals surface area contributed by atoms with Crippen molar-refractivity contribution in [2.45, 2.75) is 143 Å². The maximum Gasteiger partial charge on any atom is 0.569 e. The maximum atomic E-state index is 13.5. The summed E-state index contributed by atoms with van der Waals surface area (Å²) in [4.78, 5) is 0. The Labute approximate surface area is 368 Å². The van der Waals surface area contributed by atoms with Gasteiger partial charge in [-0.2, -0.15) is 13.2 Å². The van der Waals surface area contributed by atoms with Gasteiger partial charge in [-0.25, -0.2) is 0 Å². The Balaban J connectivity index is 0.000000339. The predicted octanol–water partition coefficient (Wildman–Crippen LogP) is 12.8. The van der Waals surface area contributed by atoms with Crippen molar-refractivity contribution >= 4 is 62.9 Å². The van der Waals surface area contributed by atoms with E-state index in [2.05, 4.69) is 119 Å². The summed E-state index contributed by atoms with van der Waals surface area (Å²) in [7, 11) is -0.265. The fraction of sp³-hybridized carbons (Fsp3) is 0.600. The molecular formula is C40H62BBrF3N4O6S2Si2. The molecule has 4 aromatic rings. The Bertz CT molecular complexity index is 1820. The van der Waals surface area contributed by atoms with E-state index in [0.717, 1.165) is 37.6 Å². The number of alkyl halides is 3. The van der Waals surface area contributed by atoms with Gasteiger partial charge in [-0.15, -0.1) is 20.4 Å². The Morgan fingerprint density at radius 1 is 0.678 bits per heavy atom. The molecule has 2 aromatic carbocycles. The second kappa shape index (κ2) is 23.7. The predicted molar refractivity (Wildman–Crippen MR) is 243 cm³/mol. The van der Waals surface area contributed by atoms with Crippen LogP contribution in [0.4, 0.5) is 13.2 Å². The first-order chi connectivity index (χ1) is 27.5. The molecule has 0 fully saturated rings. The van der Waals surface area contributed by atoms with Crippen molar-refractivity contribution in [1.82, 2.24) is 20.4 Å². The average molecular weight is 963 g/mol. The minimum absolute atomic E-state index is 0.00198. The molecule has 0 unspecified atom stereocenters. The van der Waals surface area contributed by atoms with E-state index in [1.54, 1.807) is 30.6 Å². The smallest absolute Gasteiger partial charge is 0.537 e. The molecule has 0 bridgehead atoms. The molecular weight excluding hydrogens is 900 g/mol. The van der Waals surface area contributed by atoms with E-state index in [0.29, 0.717) is 58.3 Å².